The summed E-state index contributed by atoms with van der Waals surface area (Å²) >= 11 is 0. The summed E-state index contributed by atoms with van der Waals surface area (Å²) in [6.45, 7) is 5.70. The van der Waals surface area contributed by atoms with Crippen LogP contribution in [0.4, 0.5) is 5.69 Å². The lowest BCUT2D eigenvalue weighted by Gasteiger charge is -2.22. The molecule has 0 aromatic heterocycles. The minimum atomic E-state index is -0.0613. The normalized spacial score (nSPS) is 11.1. The second-order valence-electron chi connectivity index (χ2n) is 6.54. The Hall–Kier alpha value is -3.02. The summed E-state index contributed by atoms with van der Waals surface area (Å²) in [5.74, 6) is 1.68. The molecule has 6 heteroatoms. The van der Waals surface area contributed by atoms with Crippen molar-refractivity contribution in [1.82, 2.24) is 10.2 Å². The van der Waals surface area contributed by atoms with Crippen LogP contribution in [-0.2, 0) is 17.8 Å². The molecule has 0 bridgehead atoms. The number of guanidine groups is 1. The number of hydrogen-bond donors (Lipinski definition) is 2. The van der Waals surface area contributed by atoms with E-state index in [0.29, 0.717) is 6.61 Å². The Bertz CT molecular complexity index is 770. The quantitative estimate of drug-likeness (QED) is 0.543. The standard InChI is InChI=1S/C22H30N4O2/c1-5-28-21-12-8-19(9-13-21)16-26(4)22(23-3)24-15-14-18-6-10-20(11-7-18)25-17(2)27/h6-13H,5,14-16H2,1-4H3,(H,23,24)(H,25,27). The van der Waals surface area contributed by atoms with Gasteiger partial charge in [0.05, 0.1) is 6.61 Å². The topological polar surface area (TPSA) is 66.0 Å². The highest BCUT2D eigenvalue weighted by Crippen LogP contribution is 2.13. The Morgan fingerprint density at radius 1 is 1.07 bits per heavy atom. The highest BCUT2D eigenvalue weighted by molar-refractivity contribution is 5.88. The van der Waals surface area contributed by atoms with Crippen LogP contribution < -0.4 is 15.4 Å². The van der Waals surface area contributed by atoms with Gasteiger partial charge in [0.1, 0.15) is 5.75 Å². The van der Waals surface area contributed by atoms with Crippen molar-refractivity contribution >= 4 is 17.6 Å². The maximum absolute atomic E-state index is 11.1. The molecule has 0 atom stereocenters. The number of aliphatic imine (C=N–C) groups is 1. The molecule has 6 nitrogen and oxygen atoms in total. The molecule has 0 radical (unpaired) electrons. The molecule has 0 saturated heterocycles. The zero-order valence-electron chi connectivity index (χ0n) is 17.2. The van der Waals surface area contributed by atoms with Gasteiger partial charge < -0.3 is 20.3 Å². The van der Waals surface area contributed by atoms with E-state index < -0.39 is 0 Å². The van der Waals surface area contributed by atoms with E-state index in [9.17, 15) is 4.79 Å². The average Bonchev–Trinajstić information content (AvgIpc) is 2.68. The molecule has 1 amide bonds. The van der Waals surface area contributed by atoms with E-state index in [4.69, 9.17) is 4.74 Å². The van der Waals surface area contributed by atoms with Crippen molar-refractivity contribution in [1.29, 1.82) is 0 Å². The number of ether oxygens (including phenoxy) is 1. The molecular formula is C22H30N4O2. The monoisotopic (exact) mass is 382 g/mol. The number of nitrogens with one attached hydrogen (secondary N) is 2. The molecular weight excluding hydrogens is 352 g/mol. The lowest BCUT2D eigenvalue weighted by atomic mass is 10.1. The van der Waals surface area contributed by atoms with Gasteiger partial charge in [0, 0.05) is 39.8 Å². The summed E-state index contributed by atoms with van der Waals surface area (Å²) in [4.78, 5) is 17.5. The van der Waals surface area contributed by atoms with Crippen molar-refractivity contribution in [2.45, 2.75) is 26.8 Å². The summed E-state index contributed by atoms with van der Waals surface area (Å²) in [5.41, 5.74) is 3.21. The Morgan fingerprint density at radius 3 is 2.29 bits per heavy atom. The lowest BCUT2D eigenvalue weighted by Crippen LogP contribution is -2.39. The fourth-order valence-corrected chi connectivity index (χ4v) is 2.87. The first kappa shape index (κ1) is 21.3. The highest BCUT2D eigenvalue weighted by Gasteiger charge is 2.07. The number of anilines is 1. The fourth-order valence-electron chi connectivity index (χ4n) is 2.87. The van der Waals surface area contributed by atoms with Crippen LogP contribution in [0.3, 0.4) is 0 Å². The van der Waals surface area contributed by atoms with Gasteiger partial charge in [-0.25, -0.2) is 0 Å². The molecule has 28 heavy (non-hydrogen) atoms. The molecule has 0 heterocycles. The smallest absolute Gasteiger partial charge is 0.221 e. The Morgan fingerprint density at radius 2 is 1.71 bits per heavy atom. The van der Waals surface area contributed by atoms with E-state index in [1.54, 1.807) is 7.05 Å². The third-order valence-corrected chi connectivity index (χ3v) is 4.20. The van der Waals surface area contributed by atoms with Gasteiger partial charge in [-0.1, -0.05) is 24.3 Å². The first-order valence-electron chi connectivity index (χ1n) is 9.52. The van der Waals surface area contributed by atoms with Crippen LogP contribution in [0.5, 0.6) is 5.75 Å². The van der Waals surface area contributed by atoms with Crippen molar-refractivity contribution < 1.29 is 9.53 Å². The number of nitrogens with zero attached hydrogens (tertiary/aromatic N) is 2. The Balaban J connectivity index is 1.82. The zero-order valence-corrected chi connectivity index (χ0v) is 17.2. The molecule has 0 fully saturated rings. The summed E-state index contributed by atoms with van der Waals surface area (Å²) in [6, 6.07) is 16.0. The molecule has 0 unspecified atom stereocenters. The molecule has 2 aromatic rings. The Kier molecular flexibility index (Phi) is 8.34. The van der Waals surface area contributed by atoms with Crippen LogP contribution in [0.1, 0.15) is 25.0 Å². The van der Waals surface area contributed by atoms with E-state index >= 15 is 0 Å². The number of rotatable bonds is 8. The molecule has 0 aliphatic rings. The zero-order chi connectivity index (χ0) is 20.4. The minimum Gasteiger partial charge on any atom is -0.494 e. The molecule has 0 saturated carbocycles. The van der Waals surface area contributed by atoms with E-state index in [1.165, 1.54) is 18.1 Å². The van der Waals surface area contributed by atoms with E-state index in [1.807, 2.05) is 50.4 Å². The van der Waals surface area contributed by atoms with Crippen LogP contribution in [0.25, 0.3) is 0 Å². The van der Waals surface area contributed by atoms with Crippen molar-refractivity contribution in [3.8, 4) is 5.75 Å². The van der Waals surface area contributed by atoms with Crippen LogP contribution in [-0.4, -0.2) is 44.0 Å². The molecule has 0 aliphatic carbocycles. The van der Waals surface area contributed by atoms with Gasteiger partial charge in [0.25, 0.3) is 0 Å². The molecule has 2 aromatic carbocycles. The van der Waals surface area contributed by atoms with Crippen LogP contribution in [0, 0.1) is 0 Å². The van der Waals surface area contributed by atoms with Crippen molar-refractivity contribution in [3.63, 3.8) is 0 Å². The van der Waals surface area contributed by atoms with Gasteiger partial charge in [0.2, 0.25) is 5.91 Å². The van der Waals surface area contributed by atoms with Crippen LogP contribution in [0.15, 0.2) is 53.5 Å². The Labute approximate surface area is 167 Å². The second-order valence-corrected chi connectivity index (χ2v) is 6.54. The third kappa shape index (κ3) is 6.95. The van der Waals surface area contributed by atoms with Gasteiger partial charge in [-0.05, 0) is 48.7 Å². The lowest BCUT2D eigenvalue weighted by molar-refractivity contribution is -0.114. The van der Waals surface area contributed by atoms with Gasteiger partial charge in [0.15, 0.2) is 5.96 Å². The highest BCUT2D eigenvalue weighted by atomic mass is 16.5. The largest absolute Gasteiger partial charge is 0.494 e. The van der Waals surface area contributed by atoms with Crippen molar-refractivity contribution in [3.05, 3.63) is 59.7 Å². The second kappa shape index (κ2) is 11.0. The van der Waals surface area contributed by atoms with Gasteiger partial charge in [-0.2, -0.15) is 0 Å². The number of benzene rings is 2. The molecule has 2 rings (SSSR count). The third-order valence-electron chi connectivity index (χ3n) is 4.20. The SMILES string of the molecule is CCOc1ccc(CN(C)C(=NC)NCCc2ccc(NC(C)=O)cc2)cc1. The molecule has 0 spiro atoms. The summed E-state index contributed by atoms with van der Waals surface area (Å²) < 4.78 is 5.49. The molecule has 150 valence electrons. The number of amides is 1. The first-order chi connectivity index (χ1) is 13.5. The fraction of sp³-hybridized carbons (Fsp3) is 0.364. The van der Waals surface area contributed by atoms with E-state index in [2.05, 4.69) is 32.7 Å². The van der Waals surface area contributed by atoms with Crippen LogP contribution in [0.2, 0.25) is 0 Å². The maximum atomic E-state index is 11.1. The average molecular weight is 383 g/mol. The maximum Gasteiger partial charge on any atom is 0.221 e. The van der Waals surface area contributed by atoms with E-state index in [-0.39, 0.29) is 5.91 Å². The summed E-state index contributed by atoms with van der Waals surface area (Å²) in [6.07, 6.45) is 0.871. The predicted octanol–water partition coefficient (Wildman–Crippen LogP) is 3.29. The number of carbonyl (C=O) groups is 1. The predicted molar refractivity (Wildman–Crippen MR) is 115 cm³/mol. The minimum absolute atomic E-state index is 0.0613. The van der Waals surface area contributed by atoms with Crippen molar-refractivity contribution in [2.75, 3.05) is 32.6 Å². The van der Waals surface area contributed by atoms with E-state index in [0.717, 1.165) is 36.9 Å². The number of hydrogen-bond acceptors (Lipinski definition) is 3. The summed E-state index contributed by atoms with van der Waals surface area (Å²) in [7, 11) is 3.81. The molecule has 0 aliphatic heterocycles. The van der Waals surface area contributed by atoms with Crippen molar-refractivity contribution in [2.24, 2.45) is 4.99 Å². The first-order valence-corrected chi connectivity index (χ1v) is 9.52. The van der Waals surface area contributed by atoms with Gasteiger partial charge >= 0.3 is 0 Å². The van der Waals surface area contributed by atoms with Crippen LogP contribution >= 0.6 is 0 Å². The van der Waals surface area contributed by atoms with Gasteiger partial charge in [-0.3, -0.25) is 9.79 Å². The van der Waals surface area contributed by atoms with Gasteiger partial charge in [-0.15, -0.1) is 0 Å². The molecule has 2 N–H and O–H groups in total. The number of carbonyl (C=O) groups excluding carboxylic acids is 1. The summed E-state index contributed by atoms with van der Waals surface area (Å²) in [5, 5.41) is 6.17.